The van der Waals surface area contributed by atoms with Crippen molar-refractivity contribution >= 4 is 17.2 Å². The molecule has 0 saturated heterocycles. The van der Waals surface area contributed by atoms with Crippen LogP contribution in [0.25, 0.3) is 16.9 Å². The number of nitrogens with zero attached hydrogens (tertiary/aromatic N) is 2. The molecule has 2 heterocycles. The Morgan fingerprint density at radius 1 is 1.24 bits per heavy atom. The maximum absolute atomic E-state index is 5.99. The summed E-state index contributed by atoms with van der Waals surface area (Å²) in [5.74, 6) is 0.229. The molecule has 21 heavy (non-hydrogen) atoms. The Bertz CT molecular complexity index is 775. The van der Waals surface area contributed by atoms with E-state index in [1.807, 2.05) is 30.3 Å². The van der Waals surface area contributed by atoms with Gasteiger partial charge in [-0.3, -0.25) is 0 Å². The van der Waals surface area contributed by atoms with Gasteiger partial charge in [0.1, 0.15) is 5.65 Å². The van der Waals surface area contributed by atoms with Gasteiger partial charge in [-0.1, -0.05) is 36.7 Å². The summed E-state index contributed by atoms with van der Waals surface area (Å²) < 4.78 is 2.15. The zero-order valence-electron chi connectivity index (χ0n) is 12.2. The summed E-state index contributed by atoms with van der Waals surface area (Å²) in [6.07, 6.45) is 2.05. The lowest BCUT2D eigenvalue weighted by molar-refractivity contribution is 0.738. The second-order valence-electron chi connectivity index (χ2n) is 5.37. The van der Waals surface area contributed by atoms with Gasteiger partial charge in [-0.25, -0.2) is 4.98 Å². The van der Waals surface area contributed by atoms with E-state index in [0.717, 1.165) is 33.2 Å². The molecule has 1 unspecified atom stereocenters. The van der Waals surface area contributed by atoms with Gasteiger partial charge in [-0.2, -0.15) is 0 Å². The van der Waals surface area contributed by atoms with E-state index in [9.17, 15) is 0 Å². The van der Waals surface area contributed by atoms with Gasteiger partial charge in [-0.05, 0) is 30.7 Å². The molecule has 108 valence electrons. The summed E-state index contributed by atoms with van der Waals surface area (Å²) in [4.78, 5) is 4.85. The van der Waals surface area contributed by atoms with Crippen LogP contribution in [-0.2, 0) is 0 Å². The molecule has 3 aromatic rings. The van der Waals surface area contributed by atoms with Gasteiger partial charge in [0.25, 0.3) is 0 Å². The van der Waals surface area contributed by atoms with Crippen LogP contribution < -0.4 is 5.73 Å². The fraction of sp³-hybridized carbons (Fsp3) is 0.235. The zero-order valence-corrected chi connectivity index (χ0v) is 12.9. The molecule has 3 nitrogen and oxygen atoms in total. The summed E-state index contributed by atoms with van der Waals surface area (Å²) in [5, 5.41) is 0.729. The average molecular weight is 300 g/mol. The zero-order chi connectivity index (χ0) is 15.0. The third-order valence-corrected chi connectivity index (χ3v) is 4.07. The van der Waals surface area contributed by atoms with E-state index in [1.54, 1.807) is 0 Å². The molecule has 1 atom stereocenters. The Balaban J connectivity index is 2.30. The first kappa shape index (κ1) is 14.1. The minimum absolute atomic E-state index is 0.229. The quantitative estimate of drug-likeness (QED) is 0.793. The maximum atomic E-state index is 5.99. The van der Waals surface area contributed by atoms with Crippen LogP contribution in [0.4, 0.5) is 0 Å². The van der Waals surface area contributed by atoms with Crippen molar-refractivity contribution in [1.82, 2.24) is 9.38 Å². The van der Waals surface area contributed by atoms with Crippen molar-refractivity contribution in [2.24, 2.45) is 5.73 Å². The normalized spacial score (nSPS) is 12.8. The maximum Gasteiger partial charge on any atom is 0.140 e. The molecule has 0 radical (unpaired) electrons. The van der Waals surface area contributed by atoms with Crippen LogP contribution in [0.3, 0.4) is 0 Å². The first-order valence-electron chi connectivity index (χ1n) is 7.05. The molecule has 2 N–H and O–H groups in total. The lowest BCUT2D eigenvalue weighted by atomic mass is 10.0. The molecule has 0 aliphatic carbocycles. The summed E-state index contributed by atoms with van der Waals surface area (Å²) in [6, 6.07) is 11.9. The van der Waals surface area contributed by atoms with E-state index in [4.69, 9.17) is 22.3 Å². The van der Waals surface area contributed by atoms with E-state index in [0.29, 0.717) is 6.54 Å². The predicted octanol–water partition coefficient (Wildman–Crippen LogP) is 4.03. The second-order valence-corrected chi connectivity index (χ2v) is 5.81. The van der Waals surface area contributed by atoms with E-state index >= 15 is 0 Å². The van der Waals surface area contributed by atoms with Crippen molar-refractivity contribution in [3.05, 3.63) is 58.9 Å². The van der Waals surface area contributed by atoms with Gasteiger partial charge in [0.15, 0.2) is 0 Å². The number of pyridine rings is 1. The highest BCUT2D eigenvalue weighted by Gasteiger charge is 2.19. The second kappa shape index (κ2) is 5.51. The Labute approximate surface area is 129 Å². The summed E-state index contributed by atoms with van der Waals surface area (Å²) in [7, 11) is 0. The van der Waals surface area contributed by atoms with Crippen LogP contribution >= 0.6 is 11.6 Å². The SMILES string of the molecule is Cc1cccn2c(C(C)CN)c(-c3ccc(Cl)cc3)nc12. The average Bonchev–Trinajstić information content (AvgIpc) is 2.88. The molecule has 3 rings (SSSR count). The number of halogens is 1. The van der Waals surface area contributed by atoms with Crippen LogP contribution in [0.1, 0.15) is 24.1 Å². The number of aryl methyl sites for hydroxylation is 1. The van der Waals surface area contributed by atoms with Crippen molar-refractivity contribution in [1.29, 1.82) is 0 Å². The summed E-state index contributed by atoms with van der Waals surface area (Å²) in [5.41, 5.74) is 11.2. The molecule has 0 amide bonds. The molecular weight excluding hydrogens is 282 g/mol. The number of benzene rings is 1. The molecule has 0 saturated carbocycles. The fourth-order valence-electron chi connectivity index (χ4n) is 2.62. The van der Waals surface area contributed by atoms with Crippen LogP contribution in [0, 0.1) is 6.92 Å². The van der Waals surface area contributed by atoms with Crippen molar-refractivity contribution in [2.45, 2.75) is 19.8 Å². The number of nitrogens with two attached hydrogens (primary N) is 1. The molecular formula is C17H18ClN3. The van der Waals surface area contributed by atoms with Gasteiger partial charge < -0.3 is 10.1 Å². The molecule has 1 aromatic carbocycles. The van der Waals surface area contributed by atoms with Crippen LogP contribution in [0.15, 0.2) is 42.6 Å². The van der Waals surface area contributed by atoms with E-state index in [-0.39, 0.29) is 5.92 Å². The number of fused-ring (bicyclic) bond motifs is 1. The Morgan fingerprint density at radius 3 is 2.62 bits per heavy atom. The standard InChI is InChI=1S/C17H18ClN3/c1-11-4-3-9-21-16(12(2)10-19)15(20-17(11)21)13-5-7-14(18)8-6-13/h3-9,12H,10,19H2,1-2H3. The molecule has 0 bridgehead atoms. The number of aromatic nitrogens is 2. The van der Waals surface area contributed by atoms with Crippen LogP contribution in [-0.4, -0.2) is 15.9 Å². The third-order valence-electron chi connectivity index (χ3n) is 3.82. The lowest BCUT2D eigenvalue weighted by Crippen LogP contribution is -2.12. The first-order chi connectivity index (χ1) is 10.1. The predicted molar refractivity (Wildman–Crippen MR) is 87.8 cm³/mol. The van der Waals surface area contributed by atoms with Gasteiger partial charge in [0.2, 0.25) is 0 Å². The van der Waals surface area contributed by atoms with Crippen molar-refractivity contribution < 1.29 is 0 Å². The van der Waals surface area contributed by atoms with E-state index < -0.39 is 0 Å². The highest BCUT2D eigenvalue weighted by molar-refractivity contribution is 6.30. The first-order valence-corrected chi connectivity index (χ1v) is 7.43. The number of hydrogen-bond donors (Lipinski definition) is 1. The smallest absolute Gasteiger partial charge is 0.140 e. The largest absolute Gasteiger partial charge is 0.330 e. The summed E-state index contributed by atoms with van der Waals surface area (Å²) >= 11 is 5.99. The lowest BCUT2D eigenvalue weighted by Gasteiger charge is -2.11. The van der Waals surface area contributed by atoms with Gasteiger partial charge in [0, 0.05) is 29.2 Å². The summed E-state index contributed by atoms with van der Waals surface area (Å²) in [6.45, 7) is 4.79. The van der Waals surface area contributed by atoms with Crippen LogP contribution in [0.2, 0.25) is 5.02 Å². The van der Waals surface area contributed by atoms with Crippen molar-refractivity contribution in [3.8, 4) is 11.3 Å². The molecule has 0 aliphatic heterocycles. The highest BCUT2D eigenvalue weighted by Crippen LogP contribution is 2.31. The monoisotopic (exact) mass is 299 g/mol. The van der Waals surface area contributed by atoms with E-state index in [1.165, 1.54) is 0 Å². The van der Waals surface area contributed by atoms with Crippen molar-refractivity contribution in [2.75, 3.05) is 6.54 Å². The van der Waals surface area contributed by atoms with Gasteiger partial charge in [-0.15, -0.1) is 0 Å². The van der Waals surface area contributed by atoms with E-state index in [2.05, 4.69) is 30.5 Å². The Hall–Kier alpha value is -1.84. The van der Waals surface area contributed by atoms with Gasteiger partial charge in [0.05, 0.1) is 11.4 Å². The topological polar surface area (TPSA) is 43.3 Å². The molecule has 0 spiro atoms. The third kappa shape index (κ3) is 2.43. The molecule has 2 aromatic heterocycles. The fourth-order valence-corrected chi connectivity index (χ4v) is 2.75. The molecule has 0 aliphatic rings. The van der Waals surface area contributed by atoms with Gasteiger partial charge >= 0.3 is 0 Å². The van der Waals surface area contributed by atoms with Crippen LogP contribution in [0.5, 0.6) is 0 Å². The highest BCUT2D eigenvalue weighted by atomic mass is 35.5. The number of hydrogen-bond acceptors (Lipinski definition) is 2. The Kier molecular flexibility index (Phi) is 3.70. The number of rotatable bonds is 3. The van der Waals surface area contributed by atoms with Crippen molar-refractivity contribution in [3.63, 3.8) is 0 Å². The minimum atomic E-state index is 0.229. The number of imidazole rings is 1. The Morgan fingerprint density at radius 2 is 1.95 bits per heavy atom. The molecule has 0 fully saturated rings. The minimum Gasteiger partial charge on any atom is -0.330 e. The molecule has 4 heteroatoms.